The topological polar surface area (TPSA) is 98.2 Å². The van der Waals surface area contributed by atoms with Gasteiger partial charge in [-0.2, -0.15) is 0 Å². The van der Waals surface area contributed by atoms with E-state index in [1.807, 2.05) is 0 Å². The van der Waals surface area contributed by atoms with E-state index in [0.717, 1.165) is 0 Å². The summed E-state index contributed by atoms with van der Waals surface area (Å²) in [6, 6.07) is 11.3. The first-order valence-electron chi connectivity index (χ1n) is 6.04. The zero-order valence-electron chi connectivity index (χ0n) is 11.0. The maximum atomic E-state index is 12.0. The lowest BCUT2D eigenvalue weighted by atomic mass is 10.1. The van der Waals surface area contributed by atoms with Crippen LogP contribution in [0.1, 0.15) is 27.6 Å². The highest BCUT2D eigenvalue weighted by Gasteiger charge is 2.08. The summed E-state index contributed by atoms with van der Waals surface area (Å²) in [5, 5.41) is 2.72. The minimum absolute atomic E-state index is 0.0218. The third kappa shape index (κ3) is 3.14. The first kappa shape index (κ1) is 13.6. The molecule has 0 bridgehead atoms. The van der Waals surface area contributed by atoms with Crippen LogP contribution in [0.3, 0.4) is 0 Å². The van der Waals surface area contributed by atoms with Crippen LogP contribution in [0.5, 0.6) is 0 Å². The molecule has 0 heterocycles. The molecule has 2 aromatic rings. The van der Waals surface area contributed by atoms with Gasteiger partial charge in [-0.05, 0) is 49.4 Å². The number of nitrogens with two attached hydrogens (primary N) is 2. The molecule has 0 saturated heterocycles. The van der Waals surface area contributed by atoms with Crippen molar-refractivity contribution in [2.75, 3.05) is 16.8 Å². The fraction of sp³-hybridized carbons (Fsp3) is 0.0667. The molecule has 0 aliphatic carbocycles. The molecule has 2 rings (SSSR count). The van der Waals surface area contributed by atoms with Gasteiger partial charge in [-0.3, -0.25) is 9.59 Å². The second-order valence-electron chi connectivity index (χ2n) is 4.48. The molecule has 0 radical (unpaired) electrons. The molecule has 0 aromatic heterocycles. The van der Waals surface area contributed by atoms with Crippen molar-refractivity contribution in [2.24, 2.45) is 0 Å². The Morgan fingerprint density at radius 2 is 1.45 bits per heavy atom. The van der Waals surface area contributed by atoms with E-state index in [1.165, 1.54) is 6.92 Å². The molecule has 0 saturated carbocycles. The van der Waals surface area contributed by atoms with Crippen molar-refractivity contribution in [1.82, 2.24) is 0 Å². The average molecular weight is 269 g/mol. The number of anilines is 3. The van der Waals surface area contributed by atoms with Crippen LogP contribution in [0.15, 0.2) is 42.5 Å². The van der Waals surface area contributed by atoms with Crippen molar-refractivity contribution in [3.05, 3.63) is 53.6 Å². The number of carbonyl (C=O) groups is 2. The quantitative estimate of drug-likeness (QED) is 0.588. The number of nitrogen functional groups attached to an aromatic ring is 2. The third-order valence-electron chi connectivity index (χ3n) is 2.79. The van der Waals surface area contributed by atoms with Gasteiger partial charge < -0.3 is 16.8 Å². The van der Waals surface area contributed by atoms with E-state index in [9.17, 15) is 9.59 Å². The maximum Gasteiger partial charge on any atom is 0.255 e. The number of benzene rings is 2. The highest BCUT2D eigenvalue weighted by Crippen LogP contribution is 2.16. The molecular weight excluding hydrogens is 254 g/mol. The molecule has 0 atom stereocenters. The number of amides is 1. The highest BCUT2D eigenvalue weighted by molar-refractivity contribution is 6.05. The van der Waals surface area contributed by atoms with E-state index in [4.69, 9.17) is 11.5 Å². The van der Waals surface area contributed by atoms with Gasteiger partial charge in [0, 0.05) is 28.2 Å². The lowest BCUT2D eigenvalue weighted by Gasteiger charge is -2.07. The van der Waals surface area contributed by atoms with Crippen LogP contribution >= 0.6 is 0 Å². The molecule has 1 amide bonds. The Hall–Kier alpha value is -2.82. The molecule has 5 nitrogen and oxygen atoms in total. The van der Waals surface area contributed by atoms with Crippen molar-refractivity contribution in [1.29, 1.82) is 0 Å². The summed E-state index contributed by atoms with van der Waals surface area (Å²) in [6.07, 6.45) is 0. The molecule has 0 aliphatic rings. The average Bonchev–Trinajstić information content (AvgIpc) is 2.38. The van der Waals surface area contributed by atoms with Crippen LogP contribution in [0, 0.1) is 0 Å². The first-order valence-corrected chi connectivity index (χ1v) is 6.04. The standard InChI is InChI=1S/C15H15N3O2/c1-9(19)10-2-4-14(5-3-10)18-15(20)11-6-12(16)8-13(17)7-11/h2-8H,16-17H2,1H3,(H,18,20). The van der Waals surface area contributed by atoms with Crippen molar-refractivity contribution < 1.29 is 9.59 Å². The highest BCUT2D eigenvalue weighted by atomic mass is 16.1. The Labute approximate surface area is 116 Å². The molecule has 0 spiro atoms. The molecular formula is C15H15N3O2. The SMILES string of the molecule is CC(=O)c1ccc(NC(=O)c2cc(N)cc(N)c2)cc1. The molecule has 5 N–H and O–H groups in total. The third-order valence-corrected chi connectivity index (χ3v) is 2.79. The Bertz CT molecular complexity index is 643. The normalized spacial score (nSPS) is 10.1. The van der Waals surface area contributed by atoms with Gasteiger partial charge in [-0.1, -0.05) is 0 Å². The van der Waals surface area contributed by atoms with Gasteiger partial charge in [0.15, 0.2) is 5.78 Å². The van der Waals surface area contributed by atoms with E-state index in [2.05, 4.69) is 5.32 Å². The van der Waals surface area contributed by atoms with Crippen molar-refractivity contribution in [2.45, 2.75) is 6.92 Å². The minimum atomic E-state index is -0.306. The number of hydrogen-bond donors (Lipinski definition) is 3. The summed E-state index contributed by atoms with van der Waals surface area (Å²) < 4.78 is 0. The summed E-state index contributed by atoms with van der Waals surface area (Å²) in [7, 11) is 0. The fourth-order valence-corrected chi connectivity index (χ4v) is 1.80. The number of nitrogens with one attached hydrogen (secondary N) is 1. The molecule has 0 aliphatic heterocycles. The summed E-state index contributed by atoms with van der Waals surface area (Å²) in [5.74, 6) is -0.328. The van der Waals surface area contributed by atoms with Gasteiger partial charge in [0.2, 0.25) is 0 Å². The molecule has 102 valence electrons. The zero-order chi connectivity index (χ0) is 14.7. The minimum Gasteiger partial charge on any atom is -0.399 e. The van der Waals surface area contributed by atoms with Gasteiger partial charge in [0.1, 0.15) is 0 Å². The van der Waals surface area contributed by atoms with Crippen LogP contribution in [0.2, 0.25) is 0 Å². The van der Waals surface area contributed by atoms with E-state index >= 15 is 0 Å². The zero-order valence-corrected chi connectivity index (χ0v) is 11.0. The summed E-state index contributed by atoms with van der Waals surface area (Å²) >= 11 is 0. The summed E-state index contributed by atoms with van der Waals surface area (Å²) in [5.41, 5.74) is 13.7. The van der Waals surface area contributed by atoms with Crippen LogP contribution in [0.4, 0.5) is 17.1 Å². The number of carbonyl (C=O) groups excluding carboxylic acids is 2. The van der Waals surface area contributed by atoms with E-state index in [-0.39, 0.29) is 11.7 Å². The van der Waals surface area contributed by atoms with Gasteiger partial charge >= 0.3 is 0 Å². The largest absolute Gasteiger partial charge is 0.399 e. The Kier molecular flexibility index (Phi) is 3.70. The van der Waals surface area contributed by atoms with Gasteiger partial charge in [-0.15, -0.1) is 0 Å². The molecule has 2 aromatic carbocycles. The fourth-order valence-electron chi connectivity index (χ4n) is 1.80. The van der Waals surface area contributed by atoms with Gasteiger partial charge in [0.05, 0.1) is 0 Å². The van der Waals surface area contributed by atoms with Crippen LogP contribution in [0.25, 0.3) is 0 Å². The Morgan fingerprint density at radius 1 is 0.900 bits per heavy atom. The lowest BCUT2D eigenvalue weighted by molar-refractivity contribution is 0.101. The predicted octanol–water partition coefficient (Wildman–Crippen LogP) is 2.31. The van der Waals surface area contributed by atoms with Crippen LogP contribution in [-0.2, 0) is 0 Å². The molecule has 20 heavy (non-hydrogen) atoms. The number of ketones is 1. The first-order chi connectivity index (χ1) is 9.45. The number of hydrogen-bond acceptors (Lipinski definition) is 4. The smallest absolute Gasteiger partial charge is 0.255 e. The van der Waals surface area contributed by atoms with Crippen molar-refractivity contribution >= 4 is 28.8 Å². The van der Waals surface area contributed by atoms with Crippen molar-refractivity contribution in [3.8, 4) is 0 Å². The molecule has 0 fully saturated rings. The maximum absolute atomic E-state index is 12.0. The lowest BCUT2D eigenvalue weighted by Crippen LogP contribution is -2.12. The predicted molar refractivity (Wildman–Crippen MR) is 79.7 cm³/mol. The summed E-state index contributed by atoms with van der Waals surface area (Å²) in [6.45, 7) is 1.49. The van der Waals surface area contributed by atoms with E-state index in [1.54, 1.807) is 42.5 Å². The molecule has 0 unspecified atom stereocenters. The molecule has 5 heteroatoms. The summed E-state index contributed by atoms with van der Waals surface area (Å²) in [4.78, 5) is 23.2. The number of rotatable bonds is 3. The number of Topliss-reactive ketones (excluding diaryl/α,β-unsaturated/α-hetero) is 1. The Balaban J connectivity index is 2.16. The van der Waals surface area contributed by atoms with E-state index in [0.29, 0.717) is 28.2 Å². The van der Waals surface area contributed by atoms with E-state index < -0.39 is 0 Å². The van der Waals surface area contributed by atoms with Crippen LogP contribution < -0.4 is 16.8 Å². The second kappa shape index (κ2) is 5.44. The van der Waals surface area contributed by atoms with Crippen LogP contribution in [-0.4, -0.2) is 11.7 Å². The second-order valence-corrected chi connectivity index (χ2v) is 4.48. The Morgan fingerprint density at radius 3 is 1.95 bits per heavy atom. The monoisotopic (exact) mass is 269 g/mol. The van der Waals surface area contributed by atoms with Crippen molar-refractivity contribution in [3.63, 3.8) is 0 Å². The van der Waals surface area contributed by atoms with Gasteiger partial charge in [0.25, 0.3) is 5.91 Å². The van der Waals surface area contributed by atoms with Gasteiger partial charge in [-0.25, -0.2) is 0 Å².